The molecule has 0 aliphatic heterocycles. The van der Waals surface area contributed by atoms with Crippen molar-refractivity contribution in [2.24, 2.45) is 10.2 Å². The van der Waals surface area contributed by atoms with E-state index in [0.29, 0.717) is 17.1 Å². The molecule has 2 aromatic rings. The summed E-state index contributed by atoms with van der Waals surface area (Å²) in [6, 6.07) is 6.88. The van der Waals surface area contributed by atoms with Gasteiger partial charge in [0.05, 0.1) is 11.4 Å². The molecule has 7 nitrogen and oxygen atoms in total. The van der Waals surface area contributed by atoms with Gasteiger partial charge in [-0.2, -0.15) is 5.11 Å². The highest BCUT2D eigenvalue weighted by Gasteiger charge is 2.04. The number of aromatic nitrogens is 2. The Morgan fingerprint density at radius 2 is 2.05 bits per heavy atom. The van der Waals surface area contributed by atoms with E-state index in [1.807, 2.05) is 0 Å². The van der Waals surface area contributed by atoms with E-state index in [9.17, 15) is 9.59 Å². The van der Waals surface area contributed by atoms with Crippen LogP contribution in [0.4, 0.5) is 17.1 Å². The van der Waals surface area contributed by atoms with Crippen molar-refractivity contribution in [1.82, 2.24) is 10.2 Å². The first kappa shape index (κ1) is 12.7. The molecule has 0 fully saturated rings. The quantitative estimate of drug-likeness (QED) is 0.737. The summed E-state index contributed by atoms with van der Waals surface area (Å²) in [5.41, 5.74) is 1.71. The van der Waals surface area contributed by atoms with Crippen molar-refractivity contribution in [2.75, 3.05) is 5.32 Å². The van der Waals surface area contributed by atoms with E-state index in [0.717, 1.165) is 0 Å². The van der Waals surface area contributed by atoms with E-state index >= 15 is 0 Å². The number of aromatic amines is 2. The lowest BCUT2D eigenvalue weighted by molar-refractivity contribution is -0.114. The summed E-state index contributed by atoms with van der Waals surface area (Å²) in [4.78, 5) is 22.3. The first-order chi connectivity index (χ1) is 9.06. The normalized spacial score (nSPS) is 10.8. The average Bonchev–Trinajstić information content (AvgIpc) is 2.66. The van der Waals surface area contributed by atoms with Crippen LogP contribution >= 0.6 is 0 Å². The molecule has 0 spiro atoms. The van der Waals surface area contributed by atoms with Crippen molar-refractivity contribution in [1.29, 1.82) is 0 Å². The Morgan fingerprint density at radius 1 is 1.26 bits per heavy atom. The zero-order valence-electron chi connectivity index (χ0n) is 10.5. The lowest BCUT2D eigenvalue weighted by Gasteiger charge is -2.01. The monoisotopic (exact) mass is 259 g/mol. The zero-order chi connectivity index (χ0) is 13.8. The molecular weight excluding hydrogens is 246 g/mol. The Labute approximate surface area is 108 Å². The van der Waals surface area contributed by atoms with Gasteiger partial charge in [0.15, 0.2) is 5.69 Å². The van der Waals surface area contributed by atoms with E-state index in [4.69, 9.17) is 0 Å². The number of azo groups is 1. The average molecular weight is 259 g/mol. The lowest BCUT2D eigenvalue weighted by Crippen LogP contribution is -2.05. The van der Waals surface area contributed by atoms with E-state index in [2.05, 4.69) is 25.7 Å². The maximum atomic E-state index is 11.4. The number of nitrogens with zero attached hydrogens (tertiary/aromatic N) is 2. The van der Waals surface area contributed by atoms with Gasteiger partial charge in [-0.25, -0.2) is 0 Å². The number of hydrogen-bond donors (Lipinski definition) is 3. The van der Waals surface area contributed by atoms with E-state index in [-0.39, 0.29) is 17.2 Å². The van der Waals surface area contributed by atoms with Gasteiger partial charge >= 0.3 is 0 Å². The minimum absolute atomic E-state index is 0.160. The van der Waals surface area contributed by atoms with Crippen LogP contribution in [-0.4, -0.2) is 16.1 Å². The second kappa shape index (κ2) is 5.30. The number of benzene rings is 1. The molecule has 0 saturated carbocycles. The Hall–Kier alpha value is -2.70. The van der Waals surface area contributed by atoms with Crippen LogP contribution in [0.3, 0.4) is 0 Å². The van der Waals surface area contributed by atoms with Crippen molar-refractivity contribution < 1.29 is 4.79 Å². The van der Waals surface area contributed by atoms with Crippen LogP contribution < -0.4 is 10.9 Å². The van der Waals surface area contributed by atoms with Crippen molar-refractivity contribution in [3.63, 3.8) is 0 Å². The summed E-state index contributed by atoms with van der Waals surface area (Å²) >= 11 is 0. The van der Waals surface area contributed by atoms with Crippen LogP contribution in [0, 0.1) is 6.92 Å². The third kappa shape index (κ3) is 3.15. The molecule has 1 heterocycles. The molecule has 0 atom stereocenters. The summed E-state index contributed by atoms with van der Waals surface area (Å²) in [5, 5.41) is 15.6. The van der Waals surface area contributed by atoms with Gasteiger partial charge in [-0.3, -0.25) is 14.7 Å². The highest BCUT2D eigenvalue weighted by molar-refractivity contribution is 5.89. The van der Waals surface area contributed by atoms with Crippen LogP contribution in [0.1, 0.15) is 12.6 Å². The van der Waals surface area contributed by atoms with Crippen molar-refractivity contribution in [3.8, 4) is 0 Å². The molecule has 1 amide bonds. The number of hydrogen-bond acceptors (Lipinski definition) is 4. The van der Waals surface area contributed by atoms with Gasteiger partial charge in [0.25, 0.3) is 5.56 Å². The summed E-state index contributed by atoms with van der Waals surface area (Å²) in [5.74, 6) is -0.160. The maximum absolute atomic E-state index is 11.4. The van der Waals surface area contributed by atoms with E-state index in [1.54, 1.807) is 31.2 Å². The first-order valence-corrected chi connectivity index (χ1v) is 5.63. The Kier molecular flexibility index (Phi) is 3.56. The molecule has 0 bridgehead atoms. The van der Waals surface area contributed by atoms with Gasteiger partial charge in [-0.05, 0) is 25.1 Å². The fraction of sp³-hybridized carbons (Fsp3) is 0.167. The number of rotatable bonds is 3. The largest absolute Gasteiger partial charge is 0.326 e. The number of anilines is 1. The zero-order valence-corrected chi connectivity index (χ0v) is 10.5. The number of amides is 1. The molecule has 2 rings (SSSR count). The van der Waals surface area contributed by atoms with Gasteiger partial charge in [0.2, 0.25) is 5.91 Å². The van der Waals surface area contributed by atoms with Crippen molar-refractivity contribution >= 4 is 23.0 Å². The molecule has 0 aliphatic carbocycles. The minimum Gasteiger partial charge on any atom is -0.326 e. The summed E-state index contributed by atoms with van der Waals surface area (Å²) in [6.45, 7) is 3.15. The third-order valence-electron chi connectivity index (χ3n) is 2.37. The highest BCUT2D eigenvalue weighted by Crippen LogP contribution is 2.20. The van der Waals surface area contributed by atoms with Crippen molar-refractivity contribution in [3.05, 3.63) is 40.3 Å². The Morgan fingerprint density at radius 3 is 2.68 bits per heavy atom. The summed E-state index contributed by atoms with van der Waals surface area (Å²) in [6.07, 6.45) is 0. The predicted molar refractivity (Wildman–Crippen MR) is 71.1 cm³/mol. The SMILES string of the molecule is CC(=O)Nc1cccc(N=Nc2c(C)[nH][nH]c2=O)c1. The molecule has 0 radical (unpaired) electrons. The number of nitrogens with one attached hydrogen (secondary N) is 3. The number of carbonyl (C=O) groups is 1. The van der Waals surface area contributed by atoms with Gasteiger partial charge in [0.1, 0.15) is 0 Å². The fourth-order valence-corrected chi connectivity index (χ4v) is 1.52. The summed E-state index contributed by atoms with van der Waals surface area (Å²) < 4.78 is 0. The third-order valence-corrected chi connectivity index (χ3v) is 2.37. The lowest BCUT2D eigenvalue weighted by atomic mass is 10.3. The topological polar surface area (TPSA) is 102 Å². The van der Waals surface area contributed by atoms with E-state index < -0.39 is 0 Å². The molecule has 0 unspecified atom stereocenters. The number of H-pyrrole nitrogens is 2. The van der Waals surface area contributed by atoms with Gasteiger partial charge in [-0.15, -0.1) is 5.11 Å². The van der Waals surface area contributed by atoms with Gasteiger partial charge < -0.3 is 10.4 Å². The van der Waals surface area contributed by atoms with Gasteiger partial charge in [0, 0.05) is 12.6 Å². The Bertz CT molecular complexity index is 683. The van der Waals surface area contributed by atoms with E-state index in [1.165, 1.54) is 6.92 Å². The minimum atomic E-state index is -0.320. The molecule has 1 aromatic carbocycles. The molecule has 7 heteroatoms. The molecule has 0 aliphatic rings. The molecule has 3 N–H and O–H groups in total. The number of carbonyl (C=O) groups excluding carboxylic acids is 1. The molecular formula is C12H13N5O2. The second-order valence-electron chi connectivity index (χ2n) is 3.98. The number of aryl methyl sites for hydroxylation is 1. The smallest absolute Gasteiger partial charge is 0.291 e. The van der Waals surface area contributed by atoms with Crippen LogP contribution in [-0.2, 0) is 4.79 Å². The first-order valence-electron chi connectivity index (χ1n) is 5.63. The van der Waals surface area contributed by atoms with Crippen LogP contribution in [0.25, 0.3) is 0 Å². The van der Waals surface area contributed by atoms with Crippen molar-refractivity contribution in [2.45, 2.75) is 13.8 Å². The fourth-order valence-electron chi connectivity index (χ4n) is 1.52. The predicted octanol–water partition coefficient (Wildman–Crippen LogP) is 2.39. The molecule has 1 aromatic heterocycles. The second-order valence-corrected chi connectivity index (χ2v) is 3.98. The van der Waals surface area contributed by atoms with Gasteiger partial charge in [-0.1, -0.05) is 6.07 Å². The molecule has 98 valence electrons. The standard InChI is InChI=1S/C12H13N5O2/c1-7-11(12(19)17-14-7)16-15-10-5-3-4-9(6-10)13-8(2)18/h3-6H,1-2H3,(H,13,18)(H2,14,17,19). The molecule has 0 saturated heterocycles. The highest BCUT2D eigenvalue weighted by atomic mass is 16.1. The van der Waals surface area contributed by atoms with Crippen LogP contribution in [0.2, 0.25) is 0 Å². The summed E-state index contributed by atoms with van der Waals surface area (Å²) in [7, 11) is 0. The molecule has 19 heavy (non-hydrogen) atoms. The maximum Gasteiger partial charge on any atom is 0.291 e. The van der Waals surface area contributed by atoms with Crippen LogP contribution in [0.5, 0.6) is 0 Å². The Balaban J connectivity index is 2.24. The van der Waals surface area contributed by atoms with Crippen LogP contribution in [0.15, 0.2) is 39.3 Å².